The lowest BCUT2D eigenvalue weighted by atomic mass is 10.1. The van der Waals surface area contributed by atoms with Crippen LogP contribution < -0.4 is 5.32 Å². The van der Waals surface area contributed by atoms with Crippen LogP contribution in [0.3, 0.4) is 0 Å². The second kappa shape index (κ2) is 28.8. The normalized spacial score (nSPS) is 18.6. The maximum atomic E-state index is 12.3. The summed E-state index contributed by atoms with van der Waals surface area (Å²) in [5.74, 6) is -0.128. The minimum Gasteiger partial charge on any atom is -0.394 e. The minimum absolute atomic E-state index is 0.128. The maximum absolute atomic E-state index is 12.3. The smallest absolute Gasteiger partial charge is 0.220 e. The van der Waals surface area contributed by atoms with Crippen LogP contribution in [0.2, 0.25) is 0 Å². The number of nitrogens with one attached hydrogen (secondary N) is 1. The van der Waals surface area contributed by atoms with E-state index in [0.29, 0.717) is 18.6 Å². The van der Waals surface area contributed by atoms with Crippen LogP contribution in [-0.2, 0) is 9.53 Å². The molecule has 0 aromatic rings. The third kappa shape index (κ3) is 24.1. The molecule has 43 heavy (non-hydrogen) atoms. The molecule has 0 aromatic carbocycles. The maximum Gasteiger partial charge on any atom is 0.220 e. The van der Waals surface area contributed by atoms with Crippen molar-refractivity contribution >= 4 is 5.91 Å². The number of amides is 1. The van der Waals surface area contributed by atoms with Gasteiger partial charge in [0.15, 0.2) is 0 Å². The van der Waals surface area contributed by atoms with Crippen molar-refractivity contribution in [3.8, 4) is 0 Å². The van der Waals surface area contributed by atoms with E-state index in [0.717, 1.165) is 44.9 Å². The molecule has 0 saturated carbocycles. The number of carbonyl (C=O) groups is 1. The number of unbranched alkanes of at least 4 members (excludes halogenated alkanes) is 11. The van der Waals surface area contributed by atoms with Gasteiger partial charge in [0.2, 0.25) is 5.91 Å². The van der Waals surface area contributed by atoms with E-state index < -0.39 is 12.1 Å². The Labute approximate surface area is 264 Å². The molecule has 5 nitrogen and oxygen atoms in total. The Morgan fingerprint density at radius 3 is 2.00 bits per heavy atom. The van der Waals surface area contributed by atoms with Gasteiger partial charge in [0.1, 0.15) is 0 Å². The van der Waals surface area contributed by atoms with Gasteiger partial charge in [0.25, 0.3) is 0 Å². The SMILES string of the molecule is CCC/C=C\CCCCCCCC/C=C/[C@@H](O)[C@H](CO)NC(=O)CCC/C=C\C/C=C\C/C=C\CC1OC1CCCCC. The molecule has 0 bridgehead atoms. The van der Waals surface area contributed by atoms with Gasteiger partial charge in [-0.05, 0) is 70.6 Å². The van der Waals surface area contributed by atoms with Crippen molar-refractivity contribution in [3.05, 3.63) is 60.8 Å². The molecule has 1 rings (SSSR count). The number of allylic oxidation sites excluding steroid dienone is 8. The second-order valence-electron chi connectivity index (χ2n) is 12.0. The number of aliphatic hydroxyl groups excluding tert-OH is 2. The third-order valence-corrected chi connectivity index (χ3v) is 7.87. The fourth-order valence-corrected chi connectivity index (χ4v) is 5.03. The molecule has 2 unspecified atom stereocenters. The summed E-state index contributed by atoms with van der Waals surface area (Å²) in [6, 6.07) is -0.658. The summed E-state index contributed by atoms with van der Waals surface area (Å²) >= 11 is 0. The number of carbonyl (C=O) groups excluding carboxylic acids is 1. The molecule has 1 aliphatic heterocycles. The molecule has 1 heterocycles. The third-order valence-electron chi connectivity index (χ3n) is 7.87. The molecule has 3 N–H and O–H groups in total. The molecular weight excluding hydrogens is 534 g/mol. The van der Waals surface area contributed by atoms with Gasteiger partial charge >= 0.3 is 0 Å². The van der Waals surface area contributed by atoms with Crippen molar-refractivity contribution in [2.45, 2.75) is 167 Å². The highest BCUT2D eigenvalue weighted by molar-refractivity contribution is 5.76. The first-order valence-corrected chi connectivity index (χ1v) is 17.6. The molecule has 5 heteroatoms. The van der Waals surface area contributed by atoms with E-state index in [1.165, 1.54) is 77.0 Å². The Kier molecular flexibility index (Phi) is 26.2. The number of rotatable bonds is 29. The van der Waals surface area contributed by atoms with Gasteiger partial charge in [-0.15, -0.1) is 0 Å². The summed E-state index contributed by atoms with van der Waals surface area (Å²) in [5, 5.41) is 22.8. The van der Waals surface area contributed by atoms with Gasteiger partial charge in [-0.3, -0.25) is 4.79 Å². The molecule has 0 aromatic heterocycles. The highest BCUT2D eigenvalue weighted by atomic mass is 16.6. The Morgan fingerprint density at radius 2 is 1.30 bits per heavy atom. The van der Waals surface area contributed by atoms with E-state index in [9.17, 15) is 15.0 Å². The van der Waals surface area contributed by atoms with Gasteiger partial charge in [-0.1, -0.05) is 126 Å². The van der Waals surface area contributed by atoms with Gasteiger partial charge in [-0.2, -0.15) is 0 Å². The van der Waals surface area contributed by atoms with Gasteiger partial charge < -0.3 is 20.3 Å². The second-order valence-corrected chi connectivity index (χ2v) is 12.0. The van der Waals surface area contributed by atoms with Crippen molar-refractivity contribution in [2.24, 2.45) is 0 Å². The lowest BCUT2D eigenvalue weighted by Crippen LogP contribution is -2.45. The molecule has 1 fully saturated rings. The molecule has 1 amide bonds. The molecule has 4 atom stereocenters. The Morgan fingerprint density at radius 1 is 0.698 bits per heavy atom. The van der Waals surface area contributed by atoms with Crippen LogP contribution in [0.1, 0.15) is 142 Å². The topological polar surface area (TPSA) is 82.1 Å². The Bertz CT molecular complexity index is 800. The highest BCUT2D eigenvalue weighted by Crippen LogP contribution is 2.30. The first-order valence-electron chi connectivity index (χ1n) is 17.6. The van der Waals surface area contributed by atoms with Crippen LogP contribution in [0.25, 0.3) is 0 Å². The van der Waals surface area contributed by atoms with E-state index in [4.69, 9.17) is 4.74 Å². The quantitative estimate of drug-likeness (QED) is 0.0455. The van der Waals surface area contributed by atoms with Crippen LogP contribution in [-0.4, -0.2) is 47.1 Å². The largest absolute Gasteiger partial charge is 0.394 e. The lowest BCUT2D eigenvalue weighted by Gasteiger charge is -2.19. The zero-order chi connectivity index (χ0) is 31.2. The van der Waals surface area contributed by atoms with E-state index in [-0.39, 0.29) is 12.5 Å². The summed E-state index contributed by atoms with van der Waals surface area (Å²) in [7, 11) is 0. The summed E-state index contributed by atoms with van der Waals surface area (Å²) in [5.41, 5.74) is 0. The van der Waals surface area contributed by atoms with Crippen molar-refractivity contribution in [1.29, 1.82) is 0 Å². The van der Waals surface area contributed by atoms with Gasteiger partial charge in [-0.25, -0.2) is 0 Å². The first kappa shape index (κ1) is 39.1. The van der Waals surface area contributed by atoms with Crippen LogP contribution >= 0.6 is 0 Å². The van der Waals surface area contributed by atoms with Crippen LogP contribution in [0.5, 0.6) is 0 Å². The van der Waals surface area contributed by atoms with Crippen LogP contribution in [0.15, 0.2) is 60.8 Å². The van der Waals surface area contributed by atoms with Crippen molar-refractivity contribution < 1.29 is 19.7 Å². The lowest BCUT2D eigenvalue weighted by molar-refractivity contribution is -0.122. The summed E-state index contributed by atoms with van der Waals surface area (Å²) in [6.45, 7) is 4.17. The zero-order valence-corrected chi connectivity index (χ0v) is 27.6. The molecule has 0 aliphatic carbocycles. The molecule has 1 saturated heterocycles. The molecule has 0 spiro atoms. The first-order chi connectivity index (χ1) is 21.1. The standard InChI is InChI=1S/C38H65NO4/c1-3-5-7-8-9-10-11-12-13-16-19-22-26-29-35(41)34(33-40)39-38(42)32-28-24-21-18-15-14-17-20-23-27-31-37-36(43-37)30-25-6-4-2/h7-8,14,17-18,21,23,26-27,29,34-37,40-41H,3-6,9-13,15-16,19-20,22,24-25,28,30-33H2,1-2H3,(H,39,42)/b8-7-,17-14-,21-18-,27-23-,29-26+/t34-,35+,36?,37?/m0/s1. The van der Waals surface area contributed by atoms with Gasteiger partial charge in [0, 0.05) is 6.42 Å². The monoisotopic (exact) mass is 599 g/mol. The summed E-state index contributed by atoms with van der Waals surface area (Å²) < 4.78 is 5.72. The number of ether oxygens (including phenoxy) is 1. The van der Waals surface area contributed by atoms with Crippen molar-refractivity contribution in [3.63, 3.8) is 0 Å². The van der Waals surface area contributed by atoms with Crippen molar-refractivity contribution in [1.82, 2.24) is 5.32 Å². The van der Waals surface area contributed by atoms with E-state index in [1.807, 2.05) is 6.08 Å². The Balaban J connectivity index is 2.00. The fourth-order valence-electron chi connectivity index (χ4n) is 5.03. The van der Waals surface area contributed by atoms with E-state index in [2.05, 4.69) is 67.8 Å². The van der Waals surface area contributed by atoms with E-state index in [1.54, 1.807) is 6.08 Å². The summed E-state index contributed by atoms with van der Waals surface area (Å²) in [6.07, 6.45) is 43.3. The Hall–Kier alpha value is -1.95. The predicted octanol–water partition coefficient (Wildman–Crippen LogP) is 9.21. The van der Waals surface area contributed by atoms with Crippen molar-refractivity contribution in [2.75, 3.05) is 6.61 Å². The average Bonchev–Trinajstić information content (AvgIpc) is 3.76. The predicted molar refractivity (Wildman–Crippen MR) is 183 cm³/mol. The average molecular weight is 600 g/mol. The molecule has 246 valence electrons. The minimum atomic E-state index is -0.870. The molecule has 1 aliphatic rings. The van der Waals surface area contributed by atoms with Crippen LogP contribution in [0.4, 0.5) is 0 Å². The number of hydrogen-bond acceptors (Lipinski definition) is 4. The van der Waals surface area contributed by atoms with Crippen LogP contribution in [0, 0.1) is 0 Å². The zero-order valence-electron chi connectivity index (χ0n) is 27.6. The number of hydrogen-bond donors (Lipinski definition) is 3. The molecular formula is C38H65NO4. The highest BCUT2D eigenvalue weighted by Gasteiger charge is 2.36. The molecule has 0 radical (unpaired) electrons. The number of aliphatic hydroxyl groups is 2. The fraction of sp³-hybridized carbons (Fsp3) is 0.711. The van der Waals surface area contributed by atoms with E-state index >= 15 is 0 Å². The summed E-state index contributed by atoms with van der Waals surface area (Å²) in [4.78, 5) is 12.3. The van der Waals surface area contributed by atoms with Gasteiger partial charge in [0.05, 0.1) is 31.0 Å². The number of epoxide rings is 1.